The molecule has 0 aromatic carbocycles. The highest BCUT2D eigenvalue weighted by Crippen LogP contribution is 2.19. The van der Waals surface area contributed by atoms with Gasteiger partial charge in [0.25, 0.3) is 0 Å². The molecule has 1 saturated heterocycles. The zero-order valence-electron chi connectivity index (χ0n) is 8.85. The molecular formula is C9H16N2O3S. The number of rotatable bonds is 4. The van der Waals surface area contributed by atoms with Gasteiger partial charge in [-0.3, -0.25) is 0 Å². The van der Waals surface area contributed by atoms with Crippen molar-refractivity contribution in [1.82, 2.24) is 4.31 Å². The second-order valence-corrected chi connectivity index (χ2v) is 5.70. The van der Waals surface area contributed by atoms with Crippen LogP contribution in [0.1, 0.15) is 12.8 Å². The lowest BCUT2D eigenvalue weighted by Gasteiger charge is -2.30. The van der Waals surface area contributed by atoms with Crippen molar-refractivity contribution in [3.8, 4) is 6.07 Å². The fourth-order valence-electron chi connectivity index (χ4n) is 1.82. The summed E-state index contributed by atoms with van der Waals surface area (Å²) in [5.41, 5.74) is 0. The van der Waals surface area contributed by atoms with Crippen LogP contribution in [0.3, 0.4) is 0 Å². The van der Waals surface area contributed by atoms with E-state index in [1.807, 2.05) is 0 Å². The zero-order chi connectivity index (χ0) is 11.3. The molecule has 0 amide bonds. The van der Waals surface area contributed by atoms with Gasteiger partial charge in [-0.1, -0.05) is 0 Å². The lowest BCUT2D eigenvalue weighted by Crippen LogP contribution is -2.41. The molecule has 6 heteroatoms. The molecule has 0 aromatic heterocycles. The number of nitriles is 1. The monoisotopic (exact) mass is 232 g/mol. The van der Waals surface area contributed by atoms with Gasteiger partial charge >= 0.3 is 0 Å². The summed E-state index contributed by atoms with van der Waals surface area (Å²) in [5, 5.41) is 8.42. The molecule has 0 spiro atoms. The molecule has 1 rings (SSSR count). The molecule has 15 heavy (non-hydrogen) atoms. The fourth-order valence-corrected chi connectivity index (χ4v) is 3.02. The van der Waals surface area contributed by atoms with Crippen molar-refractivity contribution >= 4 is 10.0 Å². The molecule has 1 atom stereocenters. The highest BCUT2D eigenvalue weighted by atomic mass is 32.2. The van der Waals surface area contributed by atoms with E-state index in [1.54, 1.807) is 13.2 Å². The van der Waals surface area contributed by atoms with E-state index in [4.69, 9.17) is 10.00 Å². The lowest BCUT2D eigenvalue weighted by molar-refractivity contribution is 0.118. The molecule has 1 aliphatic heterocycles. The third-order valence-electron chi connectivity index (χ3n) is 2.52. The van der Waals surface area contributed by atoms with Gasteiger partial charge in [0, 0.05) is 20.2 Å². The van der Waals surface area contributed by atoms with E-state index in [-0.39, 0.29) is 5.92 Å². The lowest BCUT2D eigenvalue weighted by atomic mass is 10.0. The Morgan fingerprint density at radius 3 is 2.93 bits per heavy atom. The van der Waals surface area contributed by atoms with Crippen molar-refractivity contribution in [3.05, 3.63) is 0 Å². The predicted molar refractivity (Wildman–Crippen MR) is 55.6 cm³/mol. The Morgan fingerprint density at radius 1 is 1.60 bits per heavy atom. The minimum atomic E-state index is -3.37. The summed E-state index contributed by atoms with van der Waals surface area (Å²) in [7, 11) is -1.75. The van der Waals surface area contributed by atoms with Gasteiger partial charge in [-0.25, -0.2) is 12.7 Å². The van der Waals surface area contributed by atoms with Crippen LogP contribution < -0.4 is 0 Å². The number of sulfonamides is 1. The van der Waals surface area contributed by atoms with Gasteiger partial charge in [0.05, 0.1) is 12.7 Å². The van der Waals surface area contributed by atoms with Gasteiger partial charge in [-0.15, -0.1) is 0 Å². The fraction of sp³-hybridized carbons (Fsp3) is 0.889. The number of nitrogens with zero attached hydrogens (tertiary/aromatic N) is 2. The van der Waals surface area contributed by atoms with E-state index in [1.165, 1.54) is 4.31 Å². The SMILES string of the molecule is COCC1CCCN(S(=O)(=O)CC#N)C1. The van der Waals surface area contributed by atoms with Gasteiger partial charge in [0.2, 0.25) is 10.0 Å². The Balaban J connectivity index is 2.60. The molecule has 1 unspecified atom stereocenters. The molecule has 0 radical (unpaired) electrons. The van der Waals surface area contributed by atoms with Crippen LogP contribution >= 0.6 is 0 Å². The Labute approximate surface area is 90.7 Å². The second-order valence-electron chi connectivity index (χ2n) is 3.74. The first-order chi connectivity index (χ1) is 7.10. The van der Waals surface area contributed by atoms with E-state index >= 15 is 0 Å². The minimum Gasteiger partial charge on any atom is -0.384 e. The summed E-state index contributed by atoms with van der Waals surface area (Å²) in [4.78, 5) is 0. The standard InChI is InChI=1S/C9H16N2O3S/c1-14-8-9-3-2-5-11(7-9)15(12,13)6-4-10/h9H,2-3,5-8H2,1H3. The van der Waals surface area contributed by atoms with E-state index in [9.17, 15) is 8.42 Å². The minimum absolute atomic E-state index is 0.261. The van der Waals surface area contributed by atoms with Gasteiger partial charge in [0.1, 0.15) is 0 Å². The van der Waals surface area contributed by atoms with E-state index < -0.39 is 15.8 Å². The first-order valence-corrected chi connectivity index (χ1v) is 6.55. The van der Waals surface area contributed by atoms with Crippen molar-refractivity contribution in [2.45, 2.75) is 12.8 Å². The number of ether oxygens (including phenoxy) is 1. The van der Waals surface area contributed by atoms with Crippen LogP contribution in [0, 0.1) is 17.2 Å². The Morgan fingerprint density at radius 2 is 2.33 bits per heavy atom. The average molecular weight is 232 g/mol. The number of piperidine rings is 1. The van der Waals surface area contributed by atoms with Crippen molar-refractivity contribution in [2.75, 3.05) is 32.6 Å². The molecule has 0 N–H and O–H groups in total. The summed E-state index contributed by atoms with van der Waals surface area (Å²) in [5.74, 6) is -0.163. The number of hydrogen-bond donors (Lipinski definition) is 0. The van der Waals surface area contributed by atoms with Crippen molar-refractivity contribution in [2.24, 2.45) is 5.92 Å². The maximum atomic E-state index is 11.6. The molecule has 0 aliphatic carbocycles. The highest BCUT2D eigenvalue weighted by Gasteiger charge is 2.28. The Hall–Kier alpha value is -0.640. The Kier molecular flexibility index (Phi) is 4.51. The molecule has 0 bridgehead atoms. The number of hydrogen-bond acceptors (Lipinski definition) is 4. The van der Waals surface area contributed by atoms with Crippen molar-refractivity contribution in [1.29, 1.82) is 5.26 Å². The van der Waals surface area contributed by atoms with E-state index in [0.717, 1.165) is 12.8 Å². The topological polar surface area (TPSA) is 70.4 Å². The molecule has 5 nitrogen and oxygen atoms in total. The van der Waals surface area contributed by atoms with Crippen LogP contribution in [0.25, 0.3) is 0 Å². The molecule has 0 aromatic rings. The predicted octanol–water partition coefficient (Wildman–Crippen LogP) is 0.198. The quantitative estimate of drug-likeness (QED) is 0.694. The maximum Gasteiger partial charge on any atom is 0.227 e. The summed E-state index contributed by atoms with van der Waals surface area (Å²) in [6.45, 7) is 1.60. The summed E-state index contributed by atoms with van der Waals surface area (Å²) in [6.07, 6.45) is 1.84. The van der Waals surface area contributed by atoms with Crippen LogP contribution in [0.5, 0.6) is 0 Å². The second kappa shape index (κ2) is 5.45. The third-order valence-corrected chi connectivity index (χ3v) is 4.14. The average Bonchev–Trinajstić information content (AvgIpc) is 2.19. The smallest absolute Gasteiger partial charge is 0.227 e. The first kappa shape index (κ1) is 12.4. The third kappa shape index (κ3) is 3.45. The zero-order valence-corrected chi connectivity index (χ0v) is 9.66. The molecule has 1 fully saturated rings. The number of methoxy groups -OCH3 is 1. The van der Waals surface area contributed by atoms with Crippen LogP contribution in [-0.2, 0) is 14.8 Å². The van der Waals surface area contributed by atoms with E-state index in [0.29, 0.717) is 19.7 Å². The van der Waals surface area contributed by atoms with E-state index in [2.05, 4.69) is 0 Å². The van der Waals surface area contributed by atoms with Crippen LogP contribution in [-0.4, -0.2) is 45.3 Å². The normalized spacial score (nSPS) is 23.6. The first-order valence-electron chi connectivity index (χ1n) is 4.94. The summed E-state index contributed by atoms with van der Waals surface area (Å²) in [6, 6.07) is 1.69. The molecular weight excluding hydrogens is 216 g/mol. The van der Waals surface area contributed by atoms with Crippen LogP contribution in [0.4, 0.5) is 0 Å². The van der Waals surface area contributed by atoms with Gasteiger partial charge < -0.3 is 4.74 Å². The Bertz CT molecular complexity index is 332. The van der Waals surface area contributed by atoms with Gasteiger partial charge in [0.15, 0.2) is 5.75 Å². The molecule has 86 valence electrons. The molecule has 1 heterocycles. The highest BCUT2D eigenvalue weighted by molar-refractivity contribution is 7.89. The van der Waals surface area contributed by atoms with Crippen molar-refractivity contribution in [3.63, 3.8) is 0 Å². The molecule has 1 aliphatic rings. The molecule has 0 saturated carbocycles. The van der Waals surface area contributed by atoms with Crippen LogP contribution in [0.15, 0.2) is 0 Å². The van der Waals surface area contributed by atoms with Crippen LogP contribution in [0.2, 0.25) is 0 Å². The van der Waals surface area contributed by atoms with Gasteiger partial charge in [-0.2, -0.15) is 5.26 Å². The maximum absolute atomic E-state index is 11.6. The van der Waals surface area contributed by atoms with Crippen molar-refractivity contribution < 1.29 is 13.2 Å². The summed E-state index contributed by atoms with van der Waals surface area (Å²) >= 11 is 0. The largest absolute Gasteiger partial charge is 0.384 e. The van der Waals surface area contributed by atoms with Gasteiger partial charge in [-0.05, 0) is 18.8 Å². The summed E-state index contributed by atoms with van der Waals surface area (Å²) < 4.78 is 29.6.